The summed E-state index contributed by atoms with van der Waals surface area (Å²) in [5.74, 6) is -0.857. The first-order chi connectivity index (χ1) is 12.1. The van der Waals surface area contributed by atoms with Crippen LogP contribution in [-0.4, -0.2) is 17.9 Å². The van der Waals surface area contributed by atoms with Crippen molar-refractivity contribution in [1.29, 1.82) is 0 Å². The van der Waals surface area contributed by atoms with Gasteiger partial charge in [0.2, 0.25) is 5.91 Å². The van der Waals surface area contributed by atoms with Crippen LogP contribution in [0.4, 0.5) is 0 Å². The zero-order valence-electron chi connectivity index (χ0n) is 13.5. The fourth-order valence-corrected chi connectivity index (χ4v) is 3.28. The van der Waals surface area contributed by atoms with Gasteiger partial charge >= 0.3 is 0 Å². The second-order valence-electron chi connectivity index (χ2n) is 5.67. The molecule has 0 bridgehead atoms. The Morgan fingerprint density at radius 3 is 2.28 bits per heavy atom. The van der Waals surface area contributed by atoms with Crippen molar-refractivity contribution >= 4 is 23.2 Å². The minimum absolute atomic E-state index is 0.308. The summed E-state index contributed by atoms with van der Waals surface area (Å²) in [5, 5.41) is 4.74. The van der Waals surface area contributed by atoms with E-state index in [1.54, 1.807) is 23.5 Å². The van der Waals surface area contributed by atoms with Crippen LogP contribution in [0.25, 0.3) is 10.4 Å². The van der Waals surface area contributed by atoms with Gasteiger partial charge in [0.05, 0.1) is 0 Å². The molecular formula is C20H18N2O2S. The average molecular weight is 350 g/mol. The smallest absolute Gasteiger partial charge is 0.251 e. The van der Waals surface area contributed by atoms with Gasteiger partial charge in [-0.15, -0.1) is 11.3 Å². The molecule has 5 heteroatoms. The van der Waals surface area contributed by atoms with Crippen molar-refractivity contribution in [3.8, 4) is 10.4 Å². The van der Waals surface area contributed by atoms with Gasteiger partial charge in [0.1, 0.15) is 6.04 Å². The molecule has 0 fully saturated rings. The van der Waals surface area contributed by atoms with Crippen molar-refractivity contribution in [3.05, 3.63) is 83.2 Å². The first-order valence-electron chi connectivity index (χ1n) is 7.91. The normalized spacial score (nSPS) is 11.7. The highest BCUT2D eigenvalue weighted by Crippen LogP contribution is 2.24. The molecule has 2 amide bonds. The minimum Gasteiger partial charge on any atom is -0.368 e. The maximum absolute atomic E-state index is 12.4. The van der Waals surface area contributed by atoms with Crippen LogP contribution in [0, 0.1) is 0 Å². The Bertz CT molecular complexity index is 843. The number of nitrogens with two attached hydrogens (primary N) is 1. The number of hydrogen-bond donors (Lipinski definition) is 2. The van der Waals surface area contributed by atoms with E-state index >= 15 is 0 Å². The first-order valence-corrected chi connectivity index (χ1v) is 8.79. The lowest BCUT2D eigenvalue weighted by molar-refractivity contribution is -0.119. The second kappa shape index (κ2) is 7.77. The highest BCUT2D eigenvalue weighted by molar-refractivity contribution is 7.13. The van der Waals surface area contributed by atoms with E-state index in [1.165, 1.54) is 0 Å². The van der Waals surface area contributed by atoms with Crippen LogP contribution in [-0.2, 0) is 11.2 Å². The minimum atomic E-state index is -0.744. The van der Waals surface area contributed by atoms with Crippen LogP contribution in [0.15, 0.2) is 72.1 Å². The SMILES string of the molecule is NC(=O)C(Cc1ccccc1)NC(=O)c1ccc(-c2cccs2)cc1. The quantitative estimate of drug-likeness (QED) is 0.716. The molecular weight excluding hydrogens is 332 g/mol. The summed E-state index contributed by atoms with van der Waals surface area (Å²) in [4.78, 5) is 25.3. The molecule has 1 heterocycles. The molecule has 1 atom stereocenters. The average Bonchev–Trinajstić information content (AvgIpc) is 3.16. The Labute approximate surface area is 150 Å². The lowest BCUT2D eigenvalue weighted by atomic mass is 10.0. The van der Waals surface area contributed by atoms with Crippen LogP contribution >= 0.6 is 11.3 Å². The lowest BCUT2D eigenvalue weighted by Gasteiger charge is -2.15. The highest BCUT2D eigenvalue weighted by Gasteiger charge is 2.19. The first kappa shape index (κ1) is 16.9. The molecule has 0 aliphatic rings. The van der Waals surface area contributed by atoms with Gasteiger partial charge in [0, 0.05) is 16.9 Å². The van der Waals surface area contributed by atoms with Crippen molar-refractivity contribution in [2.24, 2.45) is 5.73 Å². The van der Waals surface area contributed by atoms with Crippen molar-refractivity contribution in [2.45, 2.75) is 12.5 Å². The molecule has 3 aromatic rings. The van der Waals surface area contributed by atoms with Gasteiger partial charge in [-0.25, -0.2) is 0 Å². The van der Waals surface area contributed by atoms with E-state index in [0.717, 1.165) is 16.0 Å². The van der Waals surface area contributed by atoms with Gasteiger partial charge in [-0.05, 0) is 34.7 Å². The molecule has 4 nitrogen and oxygen atoms in total. The Balaban J connectivity index is 1.70. The summed E-state index contributed by atoms with van der Waals surface area (Å²) in [6.45, 7) is 0. The fraction of sp³-hybridized carbons (Fsp3) is 0.100. The number of carbonyl (C=O) groups excluding carboxylic acids is 2. The van der Waals surface area contributed by atoms with Crippen LogP contribution < -0.4 is 11.1 Å². The zero-order chi connectivity index (χ0) is 17.6. The Morgan fingerprint density at radius 2 is 1.68 bits per heavy atom. The van der Waals surface area contributed by atoms with Gasteiger partial charge in [-0.3, -0.25) is 9.59 Å². The molecule has 0 spiro atoms. The Kier molecular flexibility index (Phi) is 5.26. The van der Waals surface area contributed by atoms with E-state index in [1.807, 2.05) is 60.0 Å². The number of thiophene rings is 1. The summed E-state index contributed by atoms with van der Waals surface area (Å²) < 4.78 is 0. The number of rotatable bonds is 6. The molecule has 126 valence electrons. The standard InChI is InChI=1S/C20H18N2O2S/c21-19(23)17(13-14-5-2-1-3-6-14)22-20(24)16-10-8-15(9-11-16)18-7-4-12-25-18/h1-12,17H,13H2,(H2,21,23)(H,22,24). The third-order valence-corrected chi connectivity index (χ3v) is 4.80. The number of carbonyl (C=O) groups is 2. The van der Waals surface area contributed by atoms with Crippen LogP contribution in [0.2, 0.25) is 0 Å². The summed E-state index contributed by atoms with van der Waals surface area (Å²) in [6, 6.07) is 20.1. The van der Waals surface area contributed by atoms with E-state index in [2.05, 4.69) is 5.32 Å². The summed E-state index contributed by atoms with van der Waals surface area (Å²) >= 11 is 1.64. The summed E-state index contributed by atoms with van der Waals surface area (Å²) in [7, 11) is 0. The molecule has 1 aromatic heterocycles. The molecule has 1 unspecified atom stereocenters. The molecule has 0 saturated heterocycles. The molecule has 3 rings (SSSR count). The second-order valence-corrected chi connectivity index (χ2v) is 6.62. The molecule has 3 N–H and O–H groups in total. The van der Waals surface area contributed by atoms with Crippen LogP contribution in [0.3, 0.4) is 0 Å². The van der Waals surface area contributed by atoms with Crippen molar-refractivity contribution < 1.29 is 9.59 Å². The zero-order valence-corrected chi connectivity index (χ0v) is 14.3. The lowest BCUT2D eigenvalue weighted by Crippen LogP contribution is -2.45. The molecule has 0 aliphatic carbocycles. The molecule has 25 heavy (non-hydrogen) atoms. The molecule has 0 saturated carbocycles. The van der Waals surface area contributed by atoms with Gasteiger partial charge in [0.25, 0.3) is 5.91 Å². The van der Waals surface area contributed by atoms with Crippen LogP contribution in [0.1, 0.15) is 15.9 Å². The van der Waals surface area contributed by atoms with Gasteiger partial charge in [0.15, 0.2) is 0 Å². The van der Waals surface area contributed by atoms with Crippen molar-refractivity contribution in [1.82, 2.24) is 5.32 Å². The van der Waals surface area contributed by atoms with Crippen LogP contribution in [0.5, 0.6) is 0 Å². The predicted octanol–water partition coefficient (Wildman–Crippen LogP) is 3.24. The number of hydrogen-bond acceptors (Lipinski definition) is 3. The Morgan fingerprint density at radius 1 is 0.960 bits per heavy atom. The number of amides is 2. The topological polar surface area (TPSA) is 72.2 Å². The largest absolute Gasteiger partial charge is 0.368 e. The maximum atomic E-state index is 12.4. The fourth-order valence-electron chi connectivity index (χ4n) is 2.54. The summed E-state index contributed by atoms with van der Waals surface area (Å²) in [5.41, 5.74) is 7.95. The predicted molar refractivity (Wildman–Crippen MR) is 100 cm³/mol. The van der Waals surface area contributed by atoms with Crippen molar-refractivity contribution in [2.75, 3.05) is 0 Å². The molecule has 0 aliphatic heterocycles. The van der Waals surface area contributed by atoms with E-state index < -0.39 is 11.9 Å². The number of primary amides is 1. The van der Waals surface area contributed by atoms with E-state index in [9.17, 15) is 9.59 Å². The van der Waals surface area contributed by atoms with Crippen molar-refractivity contribution in [3.63, 3.8) is 0 Å². The third-order valence-electron chi connectivity index (χ3n) is 3.88. The van der Waals surface area contributed by atoms with Gasteiger partial charge in [-0.1, -0.05) is 48.5 Å². The third kappa shape index (κ3) is 4.33. The Hall–Kier alpha value is -2.92. The summed E-state index contributed by atoms with van der Waals surface area (Å²) in [6.07, 6.45) is 0.370. The maximum Gasteiger partial charge on any atom is 0.251 e. The monoisotopic (exact) mass is 350 g/mol. The van der Waals surface area contributed by atoms with E-state index in [0.29, 0.717) is 12.0 Å². The molecule has 2 aromatic carbocycles. The van der Waals surface area contributed by atoms with E-state index in [-0.39, 0.29) is 5.91 Å². The number of nitrogens with one attached hydrogen (secondary N) is 1. The molecule has 0 radical (unpaired) electrons. The van der Waals surface area contributed by atoms with E-state index in [4.69, 9.17) is 5.73 Å². The van der Waals surface area contributed by atoms with Gasteiger partial charge < -0.3 is 11.1 Å². The highest BCUT2D eigenvalue weighted by atomic mass is 32.1. The number of benzene rings is 2. The van der Waals surface area contributed by atoms with Gasteiger partial charge in [-0.2, -0.15) is 0 Å².